The van der Waals surface area contributed by atoms with E-state index in [2.05, 4.69) is 48.0 Å². The highest BCUT2D eigenvalue weighted by Crippen LogP contribution is 2.29. The third-order valence-corrected chi connectivity index (χ3v) is 4.69. The highest BCUT2D eigenvalue weighted by Gasteiger charge is 2.25. The number of fused-ring (bicyclic) bond motifs is 1. The van der Waals surface area contributed by atoms with E-state index < -0.39 is 0 Å². The standard InChI is InChI=1S/C14H21N5OS/c1-9-7-11(20)15-5-6-18(9)13-17-19-8-10(14(2,3)4)16-12(19)21-13/h8-9H,5-7H2,1-4H3,(H,15,20). The molecule has 1 aliphatic rings. The van der Waals surface area contributed by atoms with Gasteiger partial charge in [-0.15, -0.1) is 5.10 Å². The molecule has 0 saturated carbocycles. The molecular weight excluding hydrogens is 286 g/mol. The molecule has 1 unspecified atom stereocenters. The number of imidazole rings is 1. The summed E-state index contributed by atoms with van der Waals surface area (Å²) in [6, 6.07) is 0.158. The number of carbonyl (C=O) groups is 1. The smallest absolute Gasteiger partial charge is 0.222 e. The Kier molecular flexibility index (Phi) is 3.39. The number of carbonyl (C=O) groups excluding carboxylic acids is 1. The van der Waals surface area contributed by atoms with Crippen molar-refractivity contribution in [1.29, 1.82) is 0 Å². The molecule has 0 bridgehead atoms. The summed E-state index contributed by atoms with van der Waals surface area (Å²) in [6.45, 7) is 9.96. The Labute approximate surface area is 128 Å². The minimum atomic E-state index is 0.0276. The van der Waals surface area contributed by atoms with Gasteiger partial charge in [-0.1, -0.05) is 32.1 Å². The molecule has 114 valence electrons. The molecule has 1 fully saturated rings. The van der Waals surface area contributed by atoms with Crippen LogP contribution in [0.3, 0.4) is 0 Å². The van der Waals surface area contributed by atoms with Crippen LogP contribution in [0.5, 0.6) is 0 Å². The predicted octanol–water partition coefficient (Wildman–Crippen LogP) is 1.80. The van der Waals surface area contributed by atoms with E-state index in [0.717, 1.165) is 22.3 Å². The van der Waals surface area contributed by atoms with Crippen LogP contribution in [0.2, 0.25) is 0 Å². The fourth-order valence-corrected chi connectivity index (χ4v) is 3.45. The Hall–Kier alpha value is -1.63. The molecular formula is C14H21N5OS. The normalized spacial score (nSPS) is 20.7. The van der Waals surface area contributed by atoms with Gasteiger partial charge in [0.15, 0.2) is 0 Å². The van der Waals surface area contributed by atoms with Gasteiger partial charge in [0, 0.05) is 31.0 Å². The first-order valence-corrected chi connectivity index (χ1v) is 8.06. The minimum absolute atomic E-state index is 0.0276. The lowest BCUT2D eigenvalue weighted by Crippen LogP contribution is -2.34. The van der Waals surface area contributed by atoms with Crippen LogP contribution >= 0.6 is 11.3 Å². The third-order valence-electron chi connectivity index (χ3n) is 3.73. The molecule has 2 aromatic heterocycles. The second-order valence-electron chi connectivity index (χ2n) is 6.58. The van der Waals surface area contributed by atoms with E-state index in [4.69, 9.17) is 0 Å². The van der Waals surface area contributed by atoms with Crippen LogP contribution in [0.4, 0.5) is 5.13 Å². The summed E-state index contributed by atoms with van der Waals surface area (Å²) in [6.07, 6.45) is 2.51. The Balaban J connectivity index is 1.90. The maximum absolute atomic E-state index is 11.6. The molecule has 7 heteroatoms. The van der Waals surface area contributed by atoms with Gasteiger partial charge in [-0.2, -0.15) is 0 Å². The maximum atomic E-state index is 11.6. The molecule has 1 N–H and O–H groups in total. The van der Waals surface area contributed by atoms with Gasteiger partial charge in [0.2, 0.25) is 16.0 Å². The molecule has 1 saturated heterocycles. The van der Waals surface area contributed by atoms with Crippen molar-refractivity contribution in [3.05, 3.63) is 11.9 Å². The van der Waals surface area contributed by atoms with Crippen molar-refractivity contribution in [3.8, 4) is 0 Å². The van der Waals surface area contributed by atoms with Crippen LogP contribution in [-0.4, -0.2) is 39.6 Å². The van der Waals surface area contributed by atoms with E-state index in [9.17, 15) is 4.79 Å². The molecule has 3 rings (SSSR count). The highest BCUT2D eigenvalue weighted by atomic mass is 32.1. The SMILES string of the molecule is CC1CC(=O)NCCN1c1nn2cc(C(C)(C)C)nc2s1. The van der Waals surface area contributed by atoms with E-state index >= 15 is 0 Å². The zero-order valence-electron chi connectivity index (χ0n) is 12.9. The first-order valence-electron chi connectivity index (χ1n) is 7.24. The second kappa shape index (κ2) is 4.98. The largest absolute Gasteiger partial charge is 0.354 e. The fourth-order valence-electron chi connectivity index (χ4n) is 2.44. The quantitative estimate of drug-likeness (QED) is 0.872. The van der Waals surface area contributed by atoms with Crippen LogP contribution < -0.4 is 10.2 Å². The van der Waals surface area contributed by atoms with Gasteiger partial charge in [0.05, 0.1) is 11.9 Å². The molecule has 2 aromatic rings. The Morgan fingerprint density at radius 1 is 1.43 bits per heavy atom. The van der Waals surface area contributed by atoms with Crippen molar-refractivity contribution < 1.29 is 4.79 Å². The van der Waals surface area contributed by atoms with E-state index in [1.165, 1.54) is 0 Å². The fraction of sp³-hybridized carbons (Fsp3) is 0.643. The average molecular weight is 307 g/mol. The van der Waals surface area contributed by atoms with E-state index in [1.807, 2.05) is 10.7 Å². The molecule has 1 amide bonds. The summed E-state index contributed by atoms with van der Waals surface area (Å²) < 4.78 is 1.85. The Morgan fingerprint density at radius 3 is 2.86 bits per heavy atom. The number of hydrogen-bond donors (Lipinski definition) is 1. The molecule has 6 nitrogen and oxygen atoms in total. The summed E-state index contributed by atoms with van der Waals surface area (Å²) >= 11 is 1.58. The van der Waals surface area contributed by atoms with Crippen LogP contribution in [0.1, 0.15) is 39.8 Å². The third kappa shape index (κ3) is 2.74. The van der Waals surface area contributed by atoms with Gasteiger partial charge in [-0.25, -0.2) is 9.50 Å². The number of anilines is 1. The van der Waals surface area contributed by atoms with Crippen molar-refractivity contribution in [2.45, 2.75) is 45.6 Å². The molecule has 0 spiro atoms. The lowest BCUT2D eigenvalue weighted by molar-refractivity contribution is -0.120. The molecule has 0 aliphatic carbocycles. The maximum Gasteiger partial charge on any atom is 0.222 e. The number of rotatable bonds is 1. The average Bonchev–Trinajstić information content (AvgIpc) is 2.86. The van der Waals surface area contributed by atoms with Crippen molar-refractivity contribution in [2.75, 3.05) is 18.0 Å². The van der Waals surface area contributed by atoms with E-state index in [0.29, 0.717) is 13.0 Å². The molecule has 0 radical (unpaired) electrons. The first kappa shape index (κ1) is 14.3. The summed E-state index contributed by atoms with van der Waals surface area (Å²) in [5.74, 6) is 0.112. The van der Waals surface area contributed by atoms with Gasteiger partial charge < -0.3 is 10.2 Å². The lowest BCUT2D eigenvalue weighted by Gasteiger charge is -2.24. The summed E-state index contributed by atoms with van der Waals surface area (Å²) in [4.78, 5) is 19.3. The van der Waals surface area contributed by atoms with E-state index in [-0.39, 0.29) is 17.4 Å². The molecule has 1 atom stereocenters. The van der Waals surface area contributed by atoms with Crippen molar-refractivity contribution >= 4 is 27.3 Å². The lowest BCUT2D eigenvalue weighted by atomic mass is 9.93. The van der Waals surface area contributed by atoms with Gasteiger partial charge in [0.25, 0.3) is 0 Å². The number of amides is 1. The summed E-state index contributed by atoms with van der Waals surface area (Å²) in [5.41, 5.74) is 1.08. The summed E-state index contributed by atoms with van der Waals surface area (Å²) in [7, 11) is 0. The predicted molar refractivity (Wildman–Crippen MR) is 84.0 cm³/mol. The highest BCUT2D eigenvalue weighted by molar-refractivity contribution is 7.20. The monoisotopic (exact) mass is 307 g/mol. The zero-order valence-corrected chi connectivity index (χ0v) is 13.7. The number of nitrogens with zero attached hydrogens (tertiary/aromatic N) is 4. The van der Waals surface area contributed by atoms with Gasteiger partial charge >= 0.3 is 0 Å². The minimum Gasteiger partial charge on any atom is -0.354 e. The number of nitrogens with one attached hydrogen (secondary N) is 1. The van der Waals surface area contributed by atoms with Crippen LogP contribution in [0.15, 0.2) is 6.20 Å². The van der Waals surface area contributed by atoms with Gasteiger partial charge in [-0.05, 0) is 6.92 Å². The molecule has 0 aromatic carbocycles. The van der Waals surface area contributed by atoms with Crippen LogP contribution in [0, 0.1) is 0 Å². The molecule has 3 heterocycles. The van der Waals surface area contributed by atoms with Crippen molar-refractivity contribution in [2.24, 2.45) is 0 Å². The zero-order chi connectivity index (χ0) is 15.2. The second-order valence-corrected chi connectivity index (χ2v) is 7.52. The molecule has 1 aliphatic heterocycles. The van der Waals surface area contributed by atoms with Crippen molar-refractivity contribution in [3.63, 3.8) is 0 Å². The van der Waals surface area contributed by atoms with Gasteiger partial charge in [0.1, 0.15) is 0 Å². The number of hydrogen-bond acceptors (Lipinski definition) is 5. The van der Waals surface area contributed by atoms with Crippen LogP contribution in [0.25, 0.3) is 4.96 Å². The topological polar surface area (TPSA) is 62.5 Å². The van der Waals surface area contributed by atoms with Crippen molar-refractivity contribution in [1.82, 2.24) is 19.9 Å². The first-order chi connectivity index (χ1) is 9.84. The van der Waals surface area contributed by atoms with E-state index in [1.54, 1.807) is 11.3 Å². The van der Waals surface area contributed by atoms with Gasteiger partial charge in [-0.3, -0.25) is 4.79 Å². The molecule has 21 heavy (non-hydrogen) atoms. The van der Waals surface area contributed by atoms with Crippen LogP contribution in [-0.2, 0) is 10.2 Å². The Morgan fingerprint density at radius 2 is 2.19 bits per heavy atom. The number of aromatic nitrogens is 3. The Bertz CT molecular complexity index is 637. The summed E-state index contributed by atoms with van der Waals surface area (Å²) in [5, 5.41) is 8.48.